The third-order valence-electron chi connectivity index (χ3n) is 3.42. The van der Waals surface area contributed by atoms with Gasteiger partial charge in [-0.05, 0) is 74.2 Å². The molecule has 7 heteroatoms. The lowest BCUT2D eigenvalue weighted by molar-refractivity contribution is -0.119. The second kappa shape index (κ2) is 9.01. The van der Waals surface area contributed by atoms with Gasteiger partial charge in [-0.2, -0.15) is 5.10 Å². The fraction of sp³-hybridized carbons (Fsp3) is 0.222. The van der Waals surface area contributed by atoms with Crippen molar-refractivity contribution in [3.63, 3.8) is 0 Å². The molecule has 0 aliphatic rings. The molecule has 2 N–H and O–H groups in total. The van der Waals surface area contributed by atoms with Crippen LogP contribution in [0.3, 0.4) is 0 Å². The monoisotopic (exact) mass is 466 g/mol. The predicted octanol–water partition coefficient (Wildman–Crippen LogP) is 4.15. The molecule has 0 aliphatic heterocycles. The molecule has 0 radical (unpaired) electrons. The number of carbonyl (C=O) groups is 1. The number of hydrogen-bond acceptors (Lipinski definition) is 4. The van der Waals surface area contributed by atoms with Crippen molar-refractivity contribution in [1.29, 1.82) is 0 Å². The SMILES string of the molecule is Cc1cc(Br)c(NCC(=O)N/N=C/c2ccc(N(C)C)cc2)c(Br)c1. The zero-order valence-corrected chi connectivity index (χ0v) is 17.5. The van der Waals surface area contributed by atoms with E-state index in [4.69, 9.17) is 0 Å². The quantitative estimate of drug-likeness (QED) is 0.495. The number of halogens is 2. The second-order valence-electron chi connectivity index (χ2n) is 5.74. The molecule has 132 valence electrons. The van der Waals surface area contributed by atoms with Crippen LogP contribution < -0.4 is 15.6 Å². The molecule has 0 spiro atoms. The molecule has 2 rings (SSSR count). The summed E-state index contributed by atoms with van der Waals surface area (Å²) < 4.78 is 1.80. The Morgan fingerprint density at radius 1 is 1.16 bits per heavy atom. The lowest BCUT2D eigenvalue weighted by Gasteiger charge is -2.11. The predicted molar refractivity (Wildman–Crippen MR) is 112 cm³/mol. The van der Waals surface area contributed by atoms with Crippen LogP contribution in [0.2, 0.25) is 0 Å². The molecule has 0 bridgehead atoms. The third kappa shape index (κ3) is 5.86. The van der Waals surface area contributed by atoms with E-state index in [2.05, 4.69) is 47.7 Å². The molecule has 2 aromatic carbocycles. The van der Waals surface area contributed by atoms with Crippen LogP contribution in [-0.2, 0) is 4.79 Å². The second-order valence-corrected chi connectivity index (χ2v) is 7.44. The van der Waals surface area contributed by atoms with E-state index in [1.807, 2.05) is 62.3 Å². The minimum atomic E-state index is -0.222. The van der Waals surface area contributed by atoms with Crippen molar-refractivity contribution in [2.75, 3.05) is 30.9 Å². The van der Waals surface area contributed by atoms with Gasteiger partial charge >= 0.3 is 0 Å². The van der Waals surface area contributed by atoms with Gasteiger partial charge in [-0.15, -0.1) is 0 Å². The van der Waals surface area contributed by atoms with Gasteiger partial charge in [0, 0.05) is 28.7 Å². The maximum absolute atomic E-state index is 11.9. The maximum Gasteiger partial charge on any atom is 0.259 e. The van der Waals surface area contributed by atoms with Gasteiger partial charge in [0.05, 0.1) is 18.4 Å². The number of carbonyl (C=O) groups excluding carboxylic acids is 1. The van der Waals surface area contributed by atoms with Gasteiger partial charge in [0.1, 0.15) is 0 Å². The van der Waals surface area contributed by atoms with Crippen molar-refractivity contribution in [1.82, 2.24) is 5.43 Å². The van der Waals surface area contributed by atoms with Gasteiger partial charge in [0.15, 0.2) is 0 Å². The lowest BCUT2D eigenvalue weighted by Crippen LogP contribution is -2.26. The van der Waals surface area contributed by atoms with Gasteiger partial charge < -0.3 is 10.2 Å². The van der Waals surface area contributed by atoms with Gasteiger partial charge in [-0.1, -0.05) is 12.1 Å². The first kappa shape index (κ1) is 19.5. The van der Waals surface area contributed by atoms with Gasteiger partial charge in [-0.25, -0.2) is 5.43 Å². The Hall–Kier alpha value is -1.86. The summed E-state index contributed by atoms with van der Waals surface area (Å²) in [4.78, 5) is 13.9. The van der Waals surface area contributed by atoms with Crippen molar-refractivity contribution >= 4 is 55.4 Å². The summed E-state index contributed by atoms with van der Waals surface area (Å²) in [5.41, 5.74) is 6.51. The van der Waals surface area contributed by atoms with Crippen molar-refractivity contribution in [2.24, 2.45) is 5.10 Å². The molecule has 0 atom stereocenters. The zero-order chi connectivity index (χ0) is 18.4. The molecule has 25 heavy (non-hydrogen) atoms. The smallest absolute Gasteiger partial charge is 0.259 e. The van der Waals surface area contributed by atoms with Gasteiger partial charge in [0.2, 0.25) is 0 Å². The lowest BCUT2D eigenvalue weighted by atomic mass is 10.2. The Kier molecular flexibility index (Phi) is 7.01. The summed E-state index contributed by atoms with van der Waals surface area (Å²) in [5.74, 6) is -0.222. The minimum absolute atomic E-state index is 0.122. The number of nitrogens with one attached hydrogen (secondary N) is 2. The number of nitrogens with zero attached hydrogens (tertiary/aromatic N) is 2. The number of rotatable bonds is 6. The van der Waals surface area contributed by atoms with Crippen LogP contribution in [0.4, 0.5) is 11.4 Å². The molecular weight excluding hydrogens is 448 g/mol. The Labute approximate surface area is 164 Å². The number of hydrazone groups is 1. The highest BCUT2D eigenvalue weighted by atomic mass is 79.9. The zero-order valence-electron chi connectivity index (χ0n) is 14.3. The third-order valence-corrected chi connectivity index (χ3v) is 4.68. The first-order valence-electron chi connectivity index (χ1n) is 7.65. The van der Waals surface area contributed by atoms with E-state index in [1.54, 1.807) is 6.21 Å². The van der Waals surface area contributed by atoms with Crippen LogP contribution >= 0.6 is 31.9 Å². The van der Waals surface area contributed by atoms with Crippen molar-refractivity contribution < 1.29 is 4.79 Å². The van der Waals surface area contributed by atoms with Crippen LogP contribution in [0.1, 0.15) is 11.1 Å². The largest absolute Gasteiger partial charge is 0.378 e. The Morgan fingerprint density at radius 2 is 1.76 bits per heavy atom. The summed E-state index contributed by atoms with van der Waals surface area (Å²) in [6, 6.07) is 11.9. The summed E-state index contributed by atoms with van der Waals surface area (Å²) >= 11 is 6.98. The topological polar surface area (TPSA) is 56.7 Å². The van der Waals surface area contributed by atoms with E-state index in [9.17, 15) is 4.79 Å². The fourth-order valence-corrected chi connectivity index (χ4v) is 3.81. The average Bonchev–Trinajstić information content (AvgIpc) is 2.54. The molecule has 0 saturated heterocycles. The molecule has 0 aromatic heterocycles. The van der Waals surface area contributed by atoms with Crippen LogP contribution in [0.25, 0.3) is 0 Å². The van der Waals surface area contributed by atoms with E-state index in [1.165, 1.54) is 0 Å². The molecule has 0 fully saturated rings. The molecule has 0 saturated carbocycles. The number of aryl methyl sites for hydroxylation is 1. The van der Waals surface area contributed by atoms with Crippen LogP contribution in [-0.4, -0.2) is 32.8 Å². The first-order chi connectivity index (χ1) is 11.9. The van der Waals surface area contributed by atoms with E-state index >= 15 is 0 Å². The van der Waals surface area contributed by atoms with Crippen LogP contribution in [0.5, 0.6) is 0 Å². The normalized spacial score (nSPS) is 10.8. The molecule has 0 aliphatic carbocycles. The maximum atomic E-state index is 11.9. The number of hydrogen-bond donors (Lipinski definition) is 2. The van der Waals surface area contributed by atoms with Crippen molar-refractivity contribution in [3.05, 3.63) is 56.5 Å². The van der Waals surface area contributed by atoms with Gasteiger partial charge in [-0.3, -0.25) is 4.79 Å². The Bertz CT molecular complexity index is 750. The molecule has 5 nitrogen and oxygen atoms in total. The van der Waals surface area contributed by atoms with E-state index in [0.29, 0.717) is 0 Å². The van der Waals surface area contributed by atoms with E-state index in [-0.39, 0.29) is 12.5 Å². The van der Waals surface area contributed by atoms with Gasteiger partial charge in [0.25, 0.3) is 5.91 Å². The van der Waals surface area contributed by atoms with Crippen molar-refractivity contribution in [3.8, 4) is 0 Å². The first-order valence-corrected chi connectivity index (χ1v) is 9.24. The van der Waals surface area contributed by atoms with Crippen molar-refractivity contribution in [2.45, 2.75) is 6.92 Å². The van der Waals surface area contributed by atoms with Crippen LogP contribution in [0.15, 0.2) is 50.4 Å². The standard InChI is InChI=1S/C18H20Br2N4O/c1-12-8-15(19)18(16(20)9-12)21-11-17(25)23-22-10-13-4-6-14(7-5-13)24(2)3/h4-10,21H,11H2,1-3H3,(H,23,25)/b22-10+. The number of amides is 1. The summed E-state index contributed by atoms with van der Waals surface area (Å²) in [6.45, 7) is 2.13. The minimum Gasteiger partial charge on any atom is -0.378 e. The molecule has 0 unspecified atom stereocenters. The average molecular weight is 468 g/mol. The summed E-state index contributed by atoms with van der Waals surface area (Å²) in [5, 5.41) is 7.08. The number of benzene rings is 2. The highest BCUT2D eigenvalue weighted by Gasteiger charge is 2.07. The highest BCUT2D eigenvalue weighted by molar-refractivity contribution is 9.11. The highest BCUT2D eigenvalue weighted by Crippen LogP contribution is 2.32. The Morgan fingerprint density at radius 3 is 2.32 bits per heavy atom. The molecular formula is C18H20Br2N4O. The summed E-state index contributed by atoms with van der Waals surface area (Å²) in [6.07, 6.45) is 1.62. The molecule has 1 amide bonds. The Balaban J connectivity index is 1.86. The van der Waals surface area contributed by atoms with E-state index in [0.717, 1.165) is 31.4 Å². The number of anilines is 2. The molecule has 0 heterocycles. The molecule has 2 aromatic rings. The van der Waals surface area contributed by atoms with Crippen LogP contribution in [0, 0.1) is 6.92 Å². The fourth-order valence-electron chi connectivity index (χ4n) is 2.11. The van der Waals surface area contributed by atoms with E-state index < -0.39 is 0 Å². The summed E-state index contributed by atoms with van der Waals surface area (Å²) in [7, 11) is 3.97.